The summed E-state index contributed by atoms with van der Waals surface area (Å²) in [6.45, 7) is -0.152. The predicted octanol–water partition coefficient (Wildman–Crippen LogP) is -1.77. The number of aldehydes is 1. The van der Waals surface area contributed by atoms with Crippen molar-refractivity contribution in [1.82, 2.24) is 16.0 Å². The van der Waals surface area contributed by atoms with Gasteiger partial charge in [-0.1, -0.05) is 0 Å². The molecule has 12 heavy (non-hydrogen) atoms. The summed E-state index contributed by atoms with van der Waals surface area (Å²) in [7, 11) is 1.47. The fraction of sp³-hybridized carbons (Fsp3) is 0.500. The molecular weight excluding hydrogens is 162 g/mol. The van der Waals surface area contributed by atoms with Crippen LogP contribution in [0.3, 0.4) is 0 Å². The first-order valence-electron chi connectivity index (χ1n) is 3.36. The fourth-order valence-electron chi connectivity index (χ4n) is 0.446. The van der Waals surface area contributed by atoms with E-state index in [4.69, 9.17) is 0 Å². The lowest BCUT2D eigenvalue weighted by molar-refractivity contribution is -0.119. The average molecular weight is 173 g/mol. The van der Waals surface area contributed by atoms with Crippen molar-refractivity contribution in [3.8, 4) is 0 Å². The molecule has 0 aliphatic rings. The van der Waals surface area contributed by atoms with E-state index >= 15 is 0 Å². The lowest BCUT2D eigenvalue weighted by Gasteiger charge is -2.03. The minimum Gasteiger partial charge on any atom is -0.358 e. The molecule has 3 amide bonds. The Morgan fingerprint density at radius 2 is 2.00 bits per heavy atom. The molecule has 0 heterocycles. The van der Waals surface area contributed by atoms with Gasteiger partial charge in [-0.2, -0.15) is 0 Å². The zero-order valence-electron chi connectivity index (χ0n) is 6.72. The van der Waals surface area contributed by atoms with Gasteiger partial charge in [0.25, 0.3) is 0 Å². The number of likely N-dealkylation sites (N-methyl/N-ethyl adjacent to an activating group) is 1. The van der Waals surface area contributed by atoms with Crippen LogP contribution in [0.1, 0.15) is 0 Å². The number of hydrogen-bond acceptors (Lipinski definition) is 3. The van der Waals surface area contributed by atoms with E-state index in [0.29, 0.717) is 6.29 Å². The summed E-state index contributed by atoms with van der Waals surface area (Å²) in [5.41, 5.74) is 0. The predicted molar refractivity (Wildman–Crippen MR) is 41.5 cm³/mol. The van der Waals surface area contributed by atoms with E-state index in [2.05, 4.69) is 16.0 Å². The molecule has 0 fully saturated rings. The quantitative estimate of drug-likeness (QED) is 0.440. The molecule has 6 heteroatoms. The summed E-state index contributed by atoms with van der Waals surface area (Å²) in [5, 5.41) is 6.79. The van der Waals surface area contributed by atoms with E-state index in [1.807, 2.05) is 0 Å². The Bertz CT molecular complexity index is 181. The summed E-state index contributed by atoms with van der Waals surface area (Å²) in [6, 6.07) is -0.536. The number of urea groups is 1. The van der Waals surface area contributed by atoms with Crippen molar-refractivity contribution < 1.29 is 14.4 Å². The van der Waals surface area contributed by atoms with Crippen LogP contribution >= 0.6 is 0 Å². The Hall–Kier alpha value is -1.59. The van der Waals surface area contributed by atoms with Gasteiger partial charge in [-0.3, -0.25) is 4.79 Å². The van der Waals surface area contributed by atoms with Gasteiger partial charge in [0.15, 0.2) is 0 Å². The van der Waals surface area contributed by atoms with Crippen molar-refractivity contribution in [1.29, 1.82) is 0 Å². The van der Waals surface area contributed by atoms with Crippen molar-refractivity contribution in [3.05, 3.63) is 0 Å². The minimum atomic E-state index is -0.536. The minimum absolute atomic E-state index is 0.0560. The maximum absolute atomic E-state index is 10.7. The highest BCUT2D eigenvalue weighted by Crippen LogP contribution is 1.64. The maximum Gasteiger partial charge on any atom is 0.315 e. The van der Waals surface area contributed by atoms with Crippen molar-refractivity contribution >= 4 is 18.2 Å². The molecule has 0 aliphatic heterocycles. The number of amides is 3. The molecule has 0 aromatic rings. The van der Waals surface area contributed by atoms with E-state index in [0.717, 1.165) is 0 Å². The van der Waals surface area contributed by atoms with E-state index < -0.39 is 6.03 Å². The first kappa shape index (κ1) is 10.4. The molecule has 0 bridgehead atoms. The number of carbonyl (C=O) groups is 3. The molecule has 0 saturated heterocycles. The summed E-state index contributed by atoms with van der Waals surface area (Å²) < 4.78 is 0. The number of rotatable bonds is 4. The number of carbonyl (C=O) groups excluding carboxylic acids is 3. The van der Waals surface area contributed by atoms with Crippen LogP contribution in [0.5, 0.6) is 0 Å². The Morgan fingerprint density at radius 1 is 1.33 bits per heavy atom. The lowest BCUT2D eigenvalue weighted by atomic mass is 10.6. The van der Waals surface area contributed by atoms with Gasteiger partial charge >= 0.3 is 6.03 Å². The maximum atomic E-state index is 10.7. The van der Waals surface area contributed by atoms with Gasteiger partial charge in [0.2, 0.25) is 5.91 Å². The Balaban J connectivity index is 3.43. The molecule has 3 N–H and O–H groups in total. The smallest absolute Gasteiger partial charge is 0.315 e. The highest BCUT2D eigenvalue weighted by atomic mass is 16.2. The molecule has 0 aliphatic carbocycles. The van der Waals surface area contributed by atoms with Crippen LogP contribution in [0.2, 0.25) is 0 Å². The first-order valence-corrected chi connectivity index (χ1v) is 3.36. The van der Waals surface area contributed by atoms with Crippen LogP contribution in [-0.2, 0) is 9.59 Å². The second kappa shape index (κ2) is 6.14. The number of hydrogen-bond donors (Lipinski definition) is 3. The topological polar surface area (TPSA) is 87.3 Å². The highest BCUT2D eigenvalue weighted by Gasteiger charge is 2.00. The number of nitrogens with one attached hydrogen (secondary N) is 3. The van der Waals surface area contributed by atoms with Gasteiger partial charge in [0.1, 0.15) is 6.29 Å². The summed E-state index contributed by atoms with van der Waals surface area (Å²) in [6.07, 6.45) is 0.555. The van der Waals surface area contributed by atoms with Gasteiger partial charge in [-0.25, -0.2) is 4.79 Å². The monoisotopic (exact) mass is 173 g/mol. The zero-order chi connectivity index (χ0) is 9.40. The molecule has 0 radical (unpaired) electrons. The van der Waals surface area contributed by atoms with Crippen LogP contribution in [0.15, 0.2) is 0 Å². The normalized spacial score (nSPS) is 8.42. The van der Waals surface area contributed by atoms with Crippen LogP contribution in [0, 0.1) is 0 Å². The van der Waals surface area contributed by atoms with Gasteiger partial charge in [0.05, 0.1) is 13.1 Å². The SMILES string of the molecule is CNC(=O)CNC(=O)NCC=O. The second-order valence-corrected chi connectivity index (χ2v) is 1.90. The van der Waals surface area contributed by atoms with E-state index in [1.165, 1.54) is 7.05 Å². The standard InChI is InChI=1S/C6H11N3O3/c1-7-5(11)4-9-6(12)8-2-3-10/h3H,2,4H2,1H3,(H,7,11)(H2,8,9,12). The van der Waals surface area contributed by atoms with Crippen LogP contribution < -0.4 is 16.0 Å². The van der Waals surface area contributed by atoms with Gasteiger partial charge in [-0.05, 0) is 0 Å². The molecule has 0 aromatic heterocycles. The average Bonchev–Trinajstić information content (AvgIpc) is 2.10. The molecule has 0 spiro atoms. The molecule has 0 atom stereocenters. The first-order chi connectivity index (χ1) is 5.70. The van der Waals surface area contributed by atoms with Crippen molar-refractivity contribution in [2.75, 3.05) is 20.1 Å². The Kier molecular flexibility index (Phi) is 5.33. The molecule has 0 unspecified atom stereocenters. The summed E-state index contributed by atoms with van der Waals surface area (Å²) in [5.74, 6) is -0.295. The van der Waals surface area contributed by atoms with Crippen LogP contribution in [0.4, 0.5) is 4.79 Å². The molecular formula is C6H11N3O3. The van der Waals surface area contributed by atoms with Gasteiger partial charge < -0.3 is 20.7 Å². The van der Waals surface area contributed by atoms with E-state index in [1.54, 1.807) is 0 Å². The van der Waals surface area contributed by atoms with E-state index in [-0.39, 0.29) is 19.0 Å². The third-order valence-corrected chi connectivity index (χ3v) is 1.03. The van der Waals surface area contributed by atoms with Crippen molar-refractivity contribution in [2.24, 2.45) is 0 Å². The summed E-state index contributed by atoms with van der Waals surface area (Å²) in [4.78, 5) is 31.0. The molecule has 68 valence electrons. The largest absolute Gasteiger partial charge is 0.358 e. The van der Waals surface area contributed by atoms with Crippen LogP contribution in [-0.4, -0.2) is 38.4 Å². The van der Waals surface area contributed by atoms with Crippen molar-refractivity contribution in [2.45, 2.75) is 0 Å². The lowest BCUT2D eigenvalue weighted by Crippen LogP contribution is -2.41. The van der Waals surface area contributed by atoms with E-state index in [9.17, 15) is 14.4 Å². The molecule has 0 saturated carbocycles. The highest BCUT2D eigenvalue weighted by molar-refractivity contribution is 5.84. The Labute approximate surface area is 69.7 Å². The Morgan fingerprint density at radius 3 is 2.50 bits per heavy atom. The molecule has 0 rings (SSSR count). The third kappa shape index (κ3) is 5.21. The van der Waals surface area contributed by atoms with Gasteiger partial charge in [0, 0.05) is 7.05 Å². The zero-order valence-corrected chi connectivity index (χ0v) is 6.72. The fourth-order valence-corrected chi connectivity index (χ4v) is 0.446. The molecule has 0 aromatic carbocycles. The molecule has 6 nitrogen and oxygen atoms in total. The third-order valence-electron chi connectivity index (χ3n) is 1.03. The van der Waals surface area contributed by atoms with Crippen molar-refractivity contribution in [3.63, 3.8) is 0 Å². The summed E-state index contributed by atoms with van der Waals surface area (Å²) >= 11 is 0. The van der Waals surface area contributed by atoms with Crippen LogP contribution in [0.25, 0.3) is 0 Å². The second-order valence-electron chi connectivity index (χ2n) is 1.90. The van der Waals surface area contributed by atoms with Gasteiger partial charge in [-0.15, -0.1) is 0 Å².